The number of rotatable bonds is 5. The fraction of sp³-hybridized carbons (Fsp3) is 0.348. The van der Waals surface area contributed by atoms with Crippen molar-refractivity contribution >= 4 is 34.3 Å². The highest BCUT2D eigenvalue weighted by molar-refractivity contribution is 7.99. The number of ether oxygens (including phenoxy) is 1. The number of aromatic nitrogens is 2. The van der Waals surface area contributed by atoms with E-state index in [4.69, 9.17) is 9.72 Å². The van der Waals surface area contributed by atoms with Gasteiger partial charge in [0.05, 0.1) is 29.3 Å². The van der Waals surface area contributed by atoms with E-state index in [0.29, 0.717) is 29.1 Å². The van der Waals surface area contributed by atoms with Crippen LogP contribution >= 0.6 is 11.8 Å². The predicted molar refractivity (Wildman–Crippen MR) is 118 cm³/mol. The maximum atomic E-state index is 13.2. The zero-order valence-electron chi connectivity index (χ0n) is 16.6. The highest BCUT2D eigenvalue weighted by Gasteiger charge is 2.25. The van der Waals surface area contributed by atoms with Crippen molar-refractivity contribution in [2.45, 2.75) is 37.1 Å². The number of anilines is 1. The van der Waals surface area contributed by atoms with Gasteiger partial charge in [-0.2, -0.15) is 0 Å². The minimum absolute atomic E-state index is 0.0196. The van der Waals surface area contributed by atoms with Crippen LogP contribution in [0.15, 0.2) is 58.5 Å². The quantitative estimate of drug-likeness (QED) is 0.467. The van der Waals surface area contributed by atoms with Gasteiger partial charge >= 0.3 is 0 Å². The second-order valence-corrected chi connectivity index (χ2v) is 8.62. The van der Waals surface area contributed by atoms with Crippen molar-refractivity contribution in [3.05, 3.63) is 64.4 Å². The first kappa shape index (κ1) is 19.3. The SMILES string of the molecule is O=C(CSc1nc2ccccc2c(=O)n1C[C@@H]1CCCO1)N1CCc2ccccc21. The number of nitrogens with zero attached hydrogens (tertiary/aromatic N) is 3. The van der Waals surface area contributed by atoms with Gasteiger partial charge in [-0.05, 0) is 43.0 Å². The van der Waals surface area contributed by atoms with Crippen LogP contribution in [0.5, 0.6) is 0 Å². The molecule has 154 valence electrons. The van der Waals surface area contributed by atoms with Gasteiger partial charge in [0, 0.05) is 18.8 Å². The van der Waals surface area contributed by atoms with E-state index in [-0.39, 0.29) is 23.3 Å². The highest BCUT2D eigenvalue weighted by Crippen LogP contribution is 2.29. The van der Waals surface area contributed by atoms with Crippen LogP contribution in [0.4, 0.5) is 5.69 Å². The van der Waals surface area contributed by atoms with E-state index in [2.05, 4.69) is 6.07 Å². The third-order valence-electron chi connectivity index (χ3n) is 5.75. The van der Waals surface area contributed by atoms with Crippen molar-refractivity contribution in [2.24, 2.45) is 0 Å². The second kappa shape index (κ2) is 8.24. The van der Waals surface area contributed by atoms with E-state index in [1.807, 2.05) is 41.3 Å². The number of benzene rings is 2. The number of para-hydroxylation sites is 2. The molecule has 1 saturated heterocycles. The largest absolute Gasteiger partial charge is 0.376 e. The summed E-state index contributed by atoms with van der Waals surface area (Å²) in [6.07, 6.45) is 2.85. The number of fused-ring (bicyclic) bond motifs is 2. The lowest BCUT2D eigenvalue weighted by atomic mass is 10.2. The molecule has 3 heterocycles. The third-order valence-corrected chi connectivity index (χ3v) is 6.71. The highest BCUT2D eigenvalue weighted by atomic mass is 32.2. The van der Waals surface area contributed by atoms with E-state index in [1.165, 1.54) is 17.3 Å². The fourth-order valence-corrected chi connectivity index (χ4v) is 5.10. The molecule has 0 spiro atoms. The van der Waals surface area contributed by atoms with Gasteiger partial charge in [0.15, 0.2) is 5.16 Å². The maximum absolute atomic E-state index is 13.2. The zero-order valence-corrected chi connectivity index (χ0v) is 17.4. The Kier molecular flexibility index (Phi) is 5.31. The summed E-state index contributed by atoms with van der Waals surface area (Å²) in [4.78, 5) is 32.7. The van der Waals surface area contributed by atoms with Gasteiger partial charge in [0.1, 0.15) is 0 Å². The molecule has 0 saturated carbocycles. The maximum Gasteiger partial charge on any atom is 0.262 e. The molecule has 0 aliphatic carbocycles. The van der Waals surface area contributed by atoms with Gasteiger partial charge < -0.3 is 9.64 Å². The molecule has 2 aliphatic rings. The van der Waals surface area contributed by atoms with E-state index in [1.54, 1.807) is 10.6 Å². The van der Waals surface area contributed by atoms with E-state index < -0.39 is 0 Å². The van der Waals surface area contributed by atoms with Crippen LogP contribution in [0.1, 0.15) is 18.4 Å². The van der Waals surface area contributed by atoms with Gasteiger partial charge in [-0.1, -0.05) is 42.1 Å². The average Bonchev–Trinajstić information content (AvgIpc) is 3.44. The van der Waals surface area contributed by atoms with Crippen LogP contribution in [0.3, 0.4) is 0 Å². The molecule has 7 heteroatoms. The minimum Gasteiger partial charge on any atom is -0.376 e. The summed E-state index contributed by atoms with van der Waals surface area (Å²) in [6.45, 7) is 1.90. The molecule has 0 bridgehead atoms. The number of hydrogen-bond acceptors (Lipinski definition) is 5. The summed E-state index contributed by atoms with van der Waals surface area (Å²) < 4.78 is 7.44. The molecule has 1 atom stereocenters. The van der Waals surface area contributed by atoms with Crippen molar-refractivity contribution in [2.75, 3.05) is 23.8 Å². The third kappa shape index (κ3) is 3.63. The minimum atomic E-state index is -0.0717. The smallest absolute Gasteiger partial charge is 0.262 e. The number of carbonyl (C=O) groups excluding carboxylic acids is 1. The first-order chi connectivity index (χ1) is 14.7. The standard InChI is InChI=1S/C23H23N3O3S/c27-21(25-12-11-16-6-1-4-10-20(16)25)15-30-23-24-19-9-3-2-8-18(19)22(28)26(23)14-17-7-5-13-29-17/h1-4,6,8-10,17H,5,7,11-15H2/t17-/m0/s1. The van der Waals surface area contributed by atoms with Crippen molar-refractivity contribution in [1.29, 1.82) is 0 Å². The Morgan fingerprint density at radius 2 is 2.00 bits per heavy atom. The predicted octanol–water partition coefficient (Wildman–Crippen LogP) is 3.26. The lowest BCUT2D eigenvalue weighted by molar-refractivity contribution is -0.116. The molecule has 30 heavy (non-hydrogen) atoms. The molecule has 1 aromatic heterocycles. The van der Waals surface area contributed by atoms with Crippen LogP contribution in [0.25, 0.3) is 10.9 Å². The van der Waals surface area contributed by atoms with E-state index >= 15 is 0 Å². The van der Waals surface area contributed by atoms with Crippen molar-refractivity contribution in [1.82, 2.24) is 9.55 Å². The lowest BCUT2D eigenvalue weighted by Gasteiger charge is -2.19. The van der Waals surface area contributed by atoms with E-state index in [9.17, 15) is 9.59 Å². The molecular formula is C23H23N3O3S. The fourth-order valence-electron chi connectivity index (χ4n) is 4.21. The van der Waals surface area contributed by atoms with Gasteiger partial charge in [0.25, 0.3) is 5.56 Å². The first-order valence-corrected chi connectivity index (χ1v) is 11.3. The molecule has 2 aromatic carbocycles. The lowest BCUT2D eigenvalue weighted by Crippen LogP contribution is -2.32. The Bertz CT molecular complexity index is 1150. The summed E-state index contributed by atoms with van der Waals surface area (Å²) in [7, 11) is 0. The number of hydrogen-bond donors (Lipinski definition) is 0. The van der Waals surface area contributed by atoms with Crippen LogP contribution in [0.2, 0.25) is 0 Å². The Morgan fingerprint density at radius 1 is 1.17 bits per heavy atom. The second-order valence-electron chi connectivity index (χ2n) is 7.68. The topological polar surface area (TPSA) is 64.4 Å². The van der Waals surface area contributed by atoms with Crippen LogP contribution < -0.4 is 10.5 Å². The summed E-state index contributed by atoms with van der Waals surface area (Å²) in [5, 5.41) is 1.18. The normalized spacial score (nSPS) is 18.1. The molecule has 1 fully saturated rings. The first-order valence-electron chi connectivity index (χ1n) is 10.3. The van der Waals surface area contributed by atoms with Crippen molar-refractivity contribution in [3.63, 3.8) is 0 Å². The summed E-state index contributed by atoms with van der Waals surface area (Å²) in [5.74, 6) is 0.279. The van der Waals surface area contributed by atoms with Crippen LogP contribution in [-0.4, -0.2) is 40.5 Å². The monoisotopic (exact) mass is 421 g/mol. The Hall–Kier alpha value is -2.64. The number of amides is 1. The Balaban J connectivity index is 1.42. The molecule has 1 amide bonds. The van der Waals surface area contributed by atoms with Crippen molar-refractivity contribution in [3.8, 4) is 0 Å². The Labute approximate surface area is 178 Å². The summed E-state index contributed by atoms with van der Waals surface area (Å²) >= 11 is 1.33. The molecule has 3 aromatic rings. The van der Waals surface area contributed by atoms with Crippen molar-refractivity contribution < 1.29 is 9.53 Å². The zero-order chi connectivity index (χ0) is 20.5. The molecular weight excluding hydrogens is 398 g/mol. The molecule has 5 rings (SSSR count). The average molecular weight is 422 g/mol. The van der Waals surface area contributed by atoms with Gasteiger partial charge in [-0.25, -0.2) is 4.98 Å². The number of thioether (sulfide) groups is 1. The van der Waals surface area contributed by atoms with Crippen LogP contribution in [-0.2, 0) is 22.5 Å². The Morgan fingerprint density at radius 3 is 2.87 bits per heavy atom. The van der Waals surface area contributed by atoms with Gasteiger partial charge in [-0.15, -0.1) is 0 Å². The molecule has 0 radical (unpaired) electrons. The number of carbonyl (C=O) groups is 1. The summed E-state index contributed by atoms with van der Waals surface area (Å²) in [6, 6.07) is 15.4. The van der Waals surface area contributed by atoms with Gasteiger partial charge in [0.2, 0.25) is 5.91 Å². The van der Waals surface area contributed by atoms with Gasteiger partial charge in [-0.3, -0.25) is 14.2 Å². The molecule has 2 aliphatic heterocycles. The van der Waals surface area contributed by atoms with Crippen LogP contribution in [0, 0.1) is 0 Å². The van der Waals surface area contributed by atoms with E-state index in [0.717, 1.165) is 31.6 Å². The molecule has 0 unspecified atom stereocenters. The molecule has 0 N–H and O–H groups in total. The summed E-state index contributed by atoms with van der Waals surface area (Å²) in [5.41, 5.74) is 2.78. The molecule has 6 nitrogen and oxygen atoms in total.